The van der Waals surface area contributed by atoms with Crippen molar-refractivity contribution < 1.29 is 14.3 Å². The number of benzene rings is 2. The van der Waals surface area contributed by atoms with Gasteiger partial charge in [-0.15, -0.1) is 0 Å². The number of hydrogen-bond donors (Lipinski definition) is 0. The maximum atomic E-state index is 12.5. The number of rotatable bonds is 6. The summed E-state index contributed by atoms with van der Waals surface area (Å²) in [5.41, 5.74) is 1.86. The highest BCUT2D eigenvalue weighted by atomic mass is 35.5. The van der Waals surface area contributed by atoms with E-state index in [-0.39, 0.29) is 12.3 Å². The highest BCUT2D eigenvalue weighted by Gasteiger charge is 2.09. The van der Waals surface area contributed by atoms with Gasteiger partial charge in [0.15, 0.2) is 4.80 Å². The second-order valence-corrected chi connectivity index (χ2v) is 7.12. The molecule has 3 aromatic rings. The first-order valence-corrected chi connectivity index (χ1v) is 9.28. The second kappa shape index (κ2) is 8.49. The van der Waals surface area contributed by atoms with Crippen LogP contribution in [0.25, 0.3) is 10.2 Å². The number of aromatic nitrogens is 1. The Bertz CT molecular complexity index is 994. The zero-order chi connectivity index (χ0) is 18.5. The number of ether oxygens (including phenoxy) is 2. The molecule has 0 aliphatic carbocycles. The van der Waals surface area contributed by atoms with E-state index in [9.17, 15) is 4.79 Å². The van der Waals surface area contributed by atoms with E-state index in [0.717, 1.165) is 21.5 Å². The van der Waals surface area contributed by atoms with Gasteiger partial charge >= 0.3 is 0 Å². The first-order chi connectivity index (χ1) is 12.6. The number of halogens is 1. The van der Waals surface area contributed by atoms with Crippen LogP contribution in [0.3, 0.4) is 0 Å². The lowest BCUT2D eigenvalue weighted by atomic mass is 10.1. The van der Waals surface area contributed by atoms with Crippen LogP contribution in [0.5, 0.6) is 5.75 Å². The first-order valence-electron chi connectivity index (χ1n) is 8.09. The van der Waals surface area contributed by atoms with Crippen LogP contribution in [-0.4, -0.2) is 31.3 Å². The van der Waals surface area contributed by atoms with E-state index in [1.807, 2.05) is 47.0 Å². The van der Waals surface area contributed by atoms with Crippen molar-refractivity contribution in [3.05, 3.63) is 57.9 Å². The van der Waals surface area contributed by atoms with Gasteiger partial charge in [0.25, 0.3) is 5.91 Å². The Morgan fingerprint density at radius 3 is 2.85 bits per heavy atom. The van der Waals surface area contributed by atoms with Crippen LogP contribution in [-0.2, 0) is 22.5 Å². The molecule has 26 heavy (non-hydrogen) atoms. The number of hydrogen-bond acceptors (Lipinski definition) is 4. The van der Waals surface area contributed by atoms with Crippen molar-refractivity contribution in [1.82, 2.24) is 4.57 Å². The number of carbonyl (C=O) groups is 1. The van der Waals surface area contributed by atoms with Gasteiger partial charge in [-0.1, -0.05) is 35.1 Å². The maximum Gasteiger partial charge on any atom is 0.252 e. The Hall–Kier alpha value is -2.15. The monoisotopic (exact) mass is 390 g/mol. The van der Waals surface area contributed by atoms with Crippen molar-refractivity contribution in [3.63, 3.8) is 0 Å². The minimum absolute atomic E-state index is 0.206. The van der Waals surface area contributed by atoms with E-state index >= 15 is 0 Å². The summed E-state index contributed by atoms with van der Waals surface area (Å²) < 4.78 is 13.4. The third-order valence-electron chi connectivity index (χ3n) is 3.87. The molecular formula is C19H19ClN2O3S. The Morgan fingerprint density at radius 2 is 2.08 bits per heavy atom. The average molecular weight is 391 g/mol. The molecule has 136 valence electrons. The molecule has 0 fully saturated rings. The Morgan fingerprint density at radius 1 is 1.23 bits per heavy atom. The molecule has 0 unspecified atom stereocenters. The van der Waals surface area contributed by atoms with Crippen LogP contribution in [0.1, 0.15) is 5.56 Å². The van der Waals surface area contributed by atoms with Crippen LogP contribution >= 0.6 is 22.9 Å². The van der Waals surface area contributed by atoms with Crippen LogP contribution < -0.4 is 9.54 Å². The maximum absolute atomic E-state index is 12.5. The minimum Gasteiger partial charge on any atom is -0.497 e. The molecule has 1 heterocycles. The van der Waals surface area contributed by atoms with Crippen molar-refractivity contribution >= 4 is 39.1 Å². The molecule has 3 rings (SSSR count). The Kier molecular flexibility index (Phi) is 6.08. The number of fused-ring (bicyclic) bond motifs is 1. The molecular weight excluding hydrogens is 372 g/mol. The summed E-state index contributed by atoms with van der Waals surface area (Å²) in [6.45, 7) is 1.15. The van der Waals surface area contributed by atoms with Gasteiger partial charge in [0, 0.05) is 18.7 Å². The fraction of sp³-hybridized carbons (Fsp3) is 0.263. The molecule has 0 saturated heterocycles. The molecule has 0 saturated carbocycles. The standard InChI is InChI=1S/C19H19ClN2O3S/c1-24-9-8-22-16-7-6-14(20)12-17(16)26-19(22)21-18(23)11-13-4-3-5-15(10-13)25-2/h3-7,10,12H,8-9,11H2,1-2H3. The zero-order valence-corrected chi connectivity index (χ0v) is 16.1. The number of carbonyl (C=O) groups excluding carboxylic acids is 1. The van der Waals surface area contributed by atoms with Crippen LogP contribution in [0.15, 0.2) is 47.5 Å². The summed E-state index contributed by atoms with van der Waals surface area (Å²) in [4.78, 5) is 17.5. The SMILES string of the molecule is COCCn1c(=NC(=O)Cc2cccc(OC)c2)sc2cc(Cl)ccc21. The molecule has 0 N–H and O–H groups in total. The average Bonchev–Trinajstić information content (AvgIpc) is 2.95. The van der Waals surface area contributed by atoms with Crippen LogP contribution in [0.4, 0.5) is 0 Å². The third-order valence-corrected chi connectivity index (χ3v) is 5.15. The molecule has 0 atom stereocenters. The largest absolute Gasteiger partial charge is 0.497 e. The van der Waals surface area contributed by atoms with Gasteiger partial charge in [0.05, 0.1) is 30.4 Å². The third kappa shape index (κ3) is 4.33. The lowest BCUT2D eigenvalue weighted by Gasteiger charge is -2.04. The normalized spacial score (nSPS) is 11.9. The summed E-state index contributed by atoms with van der Waals surface area (Å²) in [5.74, 6) is 0.518. The molecule has 2 aromatic carbocycles. The van der Waals surface area contributed by atoms with Crippen molar-refractivity contribution in [1.29, 1.82) is 0 Å². The molecule has 1 aromatic heterocycles. The Labute approximate surface area is 160 Å². The van der Waals surface area contributed by atoms with E-state index in [1.165, 1.54) is 11.3 Å². The van der Waals surface area contributed by atoms with E-state index in [1.54, 1.807) is 14.2 Å². The highest BCUT2D eigenvalue weighted by molar-refractivity contribution is 7.16. The van der Waals surface area contributed by atoms with Gasteiger partial charge in [-0.05, 0) is 35.9 Å². The molecule has 7 heteroatoms. The van der Waals surface area contributed by atoms with Crippen molar-refractivity contribution in [2.75, 3.05) is 20.8 Å². The Balaban J connectivity index is 1.95. The summed E-state index contributed by atoms with van der Waals surface area (Å²) in [6, 6.07) is 13.1. The second-order valence-electron chi connectivity index (χ2n) is 5.67. The topological polar surface area (TPSA) is 52.8 Å². The first kappa shape index (κ1) is 18.6. The quantitative estimate of drug-likeness (QED) is 0.645. The predicted molar refractivity (Wildman–Crippen MR) is 104 cm³/mol. The number of nitrogens with zero attached hydrogens (tertiary/aromatic N) is 2. The van der Waals surface area contributed by atoms with Gasteiger partial charge in [0.1, 0.15) is 5.75 Å². The fourth-order valence-electron chi connectivity index (χ4n) is 2.63. The summed E-state index contributed by atoms with van der Waals surface area (Å²) >= 11 is 7.54. The smallest absolute Gasteiger partial charge is 0.252 e. The lowest BCUT2D eigenvalue weighted by Crippen LogP contribution is -2.19. The van der Waals surface area contributed by atoms with Gasteiger partial charge < -0.3 is 14.0 Å². The van der Waals surface area contributed by atoms with Crippen LogP contribution in [0, 0.1) is 0 Å². The van der Waals surface area contributed by atoms with Gasteiger partial charge in [-0.3, -0.25) is 4.79 Å². The van der Waals surface area contributed by atoms with Crippen molar-refractivity contribution in [2.24, 2.45) is 4.99 Å². The van der Waals surface area contributed by atoms with E-state index in [0.29, 0.717) is 23.0 Å². The van der Waals surface area contributed by atoms with E-state index < -0.39 is 0 Å². The van der Waals surface area contributed by atoms with Crippen molar-refractivity contribution in [3.8, 4) is 5.75 Å². The van der Waals surface area contributed by atoms with E-state index in [2.05, 4.69) is 4.99 Å². The lowest BCUT2D eigenvalue weighted by molar-refractivity contribution is -0.117. The van der Waals surface area contributed by atoms with Crippen LogP contribution in [0.2, 0.25) is 5.02 Å². The summed E-state index contributed by atoms with van der Waals surface area (Å²) in [6.07, 6.45) is 0.219. The zero-order valence-electron chi connectivity index (χ0n) is 14.6. The highest BCUT2D eigenvalue weighted by Crippen LogP contribution is 2.22. The van der Waals surface area contributed by atoms with Crippen molar-refractivity contribution in [2.45, 2.75) is 13.0 Å². The molecule has 1 amide bonds. The summed E-state index contributed by atoms with van der Waals surface area (Å²) in [5, 5.41) is 0.659. The minimum atomic E-state index is -0.206. The number of amides is 1. The van der Waals surface area contributed by atoms with Gasteiger partial charge in [-0.2, -0.15) is 4.99 Å². The summed E-state index contributed by atoms with van der Waals surface area (Å²) in [7, 11) is 3.25. The van der Waals surface area contributed by atoms with E-state index in [4.69, 9.17) is 21.1 Å². The fourth-order valence-corrected chi connectivity index (χ4v) is 3.98. The molecule has 5 nitrogen and oxygen atoms in total. The molecule has 0 bridgehead atoms. The molecule has 0 aliphatic heterocycles. The van der Waals surface area contributed by atoms with Gasteiger partial charge in [-0.25, -0.2) is 0 Å². The number of methoxy groups -OCH3 is 2. The molecule has 0 spiro atoms. The molecule has 0 aliphatic rings. The predicted octanol–water partition coefficient (Wildman–Crippen LogP) is 3.68. The van der Waals surface area contributed by atoms with Gasteiger partial charge in [0.2, 0.25) is 0 Å². The molecule has 0 radical (unpaired) electrons. The number of thiazole rings is 1.